The summed E-state index contributed by atoms with van der Waals surface area (Å²) in [5.74, 6) is -1.42. The third-order valence-electron chi connectivity index (χ3n) is 2.97. The lowest BCUT2D eigenvalue weighted by Gasteiger charge is -2.07. The Morgan fingerprint density at radius 1 is 1.30 bits per heavy atom. The van der Waals surface area contributed by atoms with Crippen molar-refractivity contribution in [3.05, 3.63) is 58.6 Å². The van der Waals surface area contributed by atoms with Gasteiger partial charge in [0.25, 0.3) is 0 Å². The second kappa shape index (κ2) is 4.72. The molecule has 0 radical (unpaired) electrons. The quantitative estimate of drug-likeness (QED) is 0.778. The zero-order valence-corrected chi connectivity index (χ0v) is 11.6. The van der Waals surface area contributed by atoms with E-state index in [4.69, 9.17) is 5.11 Å². The zero-order valence-electron chi connectivity index (χ0n) is 10.0. The molecule has 2 aromatic carbocycles. The maximum absolute atomic E-state index is 13.4. The maximum atomic E-state index is 13.4. The number of aromatic nitrogens is 2. The van der Waals surface area contributed by atoms with E-state index in [1.165, 1.54) is 24.5 Å². The van der Waals surface area contributed by atoms with Gasteiger partial charge < -0.3 is 5.11 Å². The van der Waals surface area contributed by atoms with Crippen LogP contribution in [-0.2, 0) is 0 Å². The van der Waals surface area contributed by atoms with Gasteiger partial charge in [0.15, 0.2) is 0 Å². The van der Waals surface area contributed by atoms with Gasteiger partial charge in [0.2, 0.25) is 0 Å². The average molecular weight is 335 g/mol. The fraction of sp³-hybridized carbons (Fsp3) is 0. The molecule has 100 valence electrons. The van der Waals surface area contributed by atoms with E-state index in [9.17, 15) is 9.18 Å². The zero-order chi connectivity index (χ0) is 14.3. The van der Waals surface area contributed by atoms with Crippen molar-refractivity contribution in [3.8, 4) is 5.69 Å². The number of para-hydroxylation sites is 1. The summed E-state index contributed by atoms with van der Waals surface area (Å²) in [5, 5.41) is 9.14. The molecule has 0 aliphatic carbocycles. The lowest BCUT2D eigenvalue weighted by atomic mass is 10.2. The SMILES string of the molecule is O=C(O)c1cccc2c1ncn2-c1cc(F)ccc1Br. The largest absolute Gasteiger partial charge is 0.478 e. The normalized spacial score (nSPS) is 10.9. The molecular formula is C14H8BrFN2O2. The first-order chi connectivity index (χ1) is 9.58. The van der Waals surface area contributed by atoms with Crippen molar-refractivity contribution in [2.75, 3.05) is 0 Å². The molecule has 3 rings (SSSR count). The lowest BCUT2D eigenvalue weighted by Crippen LogP contribution is -1.98. The minimum Gasteiger partial charge on any atom is -0.478 e. The van der Waals surface area contributed by atoms with Gasteiger partial charge in [-0.05, 0) is 46.3 Å². The highest BCUT2D eigenvalue weighted by atomic mass is 79.9. The van der Waals surface area contributed by atoms with Gasteiger partial charge in [-0.25, -0.2) is 14.2 Å². The van der Waals surface area contributed by atoms with Crippen LogP contribution in [-0.4, -0.2) is 20.6 Å². The van der Waals surface area contributed by atoms with Crippen LogP contribution in [0.25, 0.3) is 16.7 Å². The highest BCUT2D eigenvalue weighted by molar-refractivity contribution is 9.10. The van der Waals surface area contributed by atoms with E-state index in [1.807, 2.05) is 0 Å². The predicted molar refractivity (Wildman–Crippen MR) is 75.7 cm³/mol. The van der Waals surface area contributed by atoms with Gasteiger partial charge in [-0.3, -0.25) is 4.57 Å². The number of nitrogens with zero attached hydrogens (tertiary/aromatic N) is 2. The molecule has 1 aromatic heterocycles. The Hall–Kier alpha value is -2.21. The Bertz CT molecular complexity index is 829. The molecule has 0 atom stereocenters. The maximum Gasteiger partial charge on any atom is 0.337 e. The van der Waals surface area contributed by atoms with Crippen LogP contribution in [0.15, 0.2) is 47.2 Å². The summed E-state index contributed by atoms with van der Waals surface area (Å²) in [6.45, 7) is 0. The molecule has 0 saturated carbocycles. The Kier molecular flexibility index (Phi) is 3.02. The first kappa shape index (κ1) is 12.8. The van der Waals surface area contributed by atoms with E-state index in [-0.39, 0.29) is 11.4 Å². The monoisotopic (exact) mass is 334 g/mol. The molecule has 0 spiro atoms. The van der Waals surface area contributed by atoms with E-state index < -0.39 is 5.97 Å². The van der Waals surface area contributed by atoms with E-state index in [2.05, 4.69) is 20.9 Å². The number of carbonyl (C=O) groups is 1. The van der Waals surface area contributed by atoms with Crippen LogP contribution in [0.5, 0.6) is 0 Å². The molecule has 0 saturated heterocycles. The Morgan fingerprint density at radius 3 is 2.85 bits per heavy atom. The first-order valence-corrected chi connectivity index (χ1v) is 6.52. The number of halogens is 2. The molecule has 0 fully saturated rings. The number of aromatic carboxylic acids is 1. The summed E-state index contributed by atoms with van der Waals surface area (Å²) in [7, 11) is 0. The molecule has 0 aliphatic rings. The minimum atomic E-state index is -1.04. The fourth-order valence-electron chi connectivity index (χ4n) is 2.07. The summed E-state index contributed by atoms with van der Waals surface area (Å²) in [5.41, 5.74) is 1.66. The van der Waals surface area contributed by atoms with Crippen LogP contribution < -0.4 is 0 Å². The van der Waals surface area contributed by atoms with Gasteiger partial charge in [-0.1, -0.05) is 6.07 Å². The van der Waals surface area contributed by atoms with E-state index in [1.54, 1.807) is 22.8 Å². The molecule has 0 amide bonds. The second-order valence-electron chi connectivity index (χ2n) is 4.19. The molecule has 0 unspecified atom stereocenters. The number of benzene rings is 2. The van der Waals surface area contributed by atoms with Crippen molar-refractivity contribution in [3.63, 3.8) is 0 Å². The highest BCUT2D eigenvalue weighted by Crippen LogP contribution is 2.27. The first-order valence-electron chi connectivity index (χ1n) is 5.72. The van der Waals surface area contributed by atoms with Crippen molar-refractivity contribution in [2.45, 2.75) is 0 Å². The summed E-state index contributed by atoms with van der Waals surface area (Å²) < 4.78 is 15.7. The van der Waals surface area contributed by atoms with Gasteiger partial charge in [0.05, 0.1) is 16.8 Å². The average Bonchev–Trinajstić information content (AvgIpc) is 2.85. The van der Waals surface area contributed by atoms with Crippen LogP contribution in [0.3, 0.4) is 0 Å². The Morgan fingerprint density at radius 2 is 2.10 bits per heavy atom. The van der Waals surface area contributed by atoms with Gasteiger partial charge in [-0.15, -0.1) is 0 Å². The smallest absolute Gasteiger partial charge is 0.337 e. The molecule has 6 heteroatoms. The van der Waals surface area contributed by atoms with Crippen molar-refractivity contribution < 1.29 is 14.3 Å². The van der Waals surface area contributed by atoms with E-state index in [0.717, 1.165) is 0 Å². The standard InChI is InChI=1S/C14H8BrFN2O2/c15-10-5-4-8(16)6-12(10)18-7-17-13-9(14(19)20)2-1-3-11(13)18/h1-7H,(H,19,20). The summed E-state index contributed by atoms with van der Waals surface area (Å²) >= 11 is 3.35. The van der Waals surface area contributed by atoms with Gasteiger partial charge >= 0.3 is 5.97 Å². The number of carboxylic acids is 1. The molecule has 0 aliphatic heterocycles. The second-order valence-corrected chi connectivity index (χ2v) is 5.04. The number of rotatable bonds is 2. The minimum absolute atomic E-state index is 0.119. The predicted octanol–water partition coefficient (Wildman–Crippen LogP) is 3.63. The Balaban J connectivity index is 2.31. The fourth-order valence-corrected chi connectivity index (χ4v) is 2.51. The lowest BCUT2D eigenvalue weighted by molar-refractivity contribution is 0.0699. The summed E-state index contributed by atoms with van der Waals surface area (Å²) in [4.78, 5) is 15.3. The molecule has 0 bridgehead atoms. The number of hydrogen-bond donors (Lipinski definition) is 1. The third kappa shape index (κ3) is 1.98. The summed E-state index contributed by atoms with van der Waals surface area (Å²) in [6.07, 6.45) is 1.48. The molecule has 20 heavy (non-hydrogen) atoms. The van der Waals surface area contributed by atoms with Crippen LogP contribution in [0.4, 0.5) is 4.39 Å². The topological polar surface area (TPSA) is 55.1 Å². The van der Waals surface area contributed by atoms with Crippen LogP contribution >= 0.6 is 15.9 Å². The Labute approximate surface area is 121 Å². The number of carboxylic acid groups (broad SMARTS) is 1. The molecular weight excluding hydrogens is 327 g/mol. The molecule has 1 N–H and O–H groups in total. The van der Waals surface area contributed by atoms with E-state index in [0.29, 0.717) is 21.2 Å². The van der Waals surface area contributed by atoms with Crippen LogP contribution in [0.1, 0.15) is 10.4 Å². The van der Waals surface area contributed by atoms with Crippen molar-refractivity contribution in [2.24, 2.45) is 0 Å². The van der Waals surface area contributed by atoms with Gasteiger partial charge in [-0.2, -0.15) is 0 Å². The number of fused-ring (bicyclic) bond motifs is 1. The molecule has 3 aromatic rings. The van der Waals surface area contributed by atoms with Crippen LogP contribution in [0, 0.1) is 5.82 Å². The van der Waals surface area contributed by atoms with Crippen LogP contribution in [0.2, 0.25) is 0 Å². The van der Waals surface area contributed by atoms with Crippen molar-refractivity contribution in [1.82, 2.24) is 9.55 Å². The molecule has 4 nitrogen and oxygen atoms in total. The van der Waals surface area contributed by atoms with Gasteiger partial charge in [0, 0.05) is 4.47 Å². The third-order valence-corrected chi connectivity index (χ3v) is 3.65. The van der Waals surface area contributed by atoms with Gasteiger partial charge in [0.1, 0.15) is 17.7 Å². The van der Waals surface area contributed by atoms with Crippen molar-refractivity contribution in [1.29, 1.82) is 0 Å². The van der Waals surface area contributed by atoms with Crippen molar-refractivity contribution >= 4 is 32.9 Å². The summed E-state index contributed by atoms with van der Waals surface area (Å²) in [6, 6.07) is 9.16. The number of hydrogen-bond acceptors (Lipinski definition) is 2. The number of imidazole rings is 1. The molecule has 1 heterocycles. The highest BCUT2D eigenvalue weighted by Gasteiger charge is 2.14. The van der Waals surface area contributed by atoms with E-state index >= 15 is 0 Å².